The Morgan fingerprint density at radius 3 is 2.48 bits per heavy atom. The molecule has 33 heavy (non-hydrogen) atoms. The van der Waals surface area contributed by atoms with E-state index < -0.39 is 17.7 Å². The maximum atomic E-state index is 13.3. The Kier molecular flexibility index (Phi) is 6.20. The molecule has 4 rings (SSSR count). The number of ether oxygens (including phenoxy) is 1. The molecule has 1 atom stereocenters. The van der Waals surface area contributed by atoms with E-state index in [2.05, 4.69) is 4.98 Å². The van der Waals surface area contributed by atoms with Gasteiger partial charge < -0.3 is 9.84 Å². The van der Waals surface area contributed by atoms with E-state index in [9.17, 15) is 14.7 Å². The van der Waals surface area contributed by atoms with Gasteiger partial charge in [-0.15, -0.1) is 0 Å². The predicted molar refractivity (Wildman–Crippen MR) is 127 cm³/mol. The van der Waals surface area contributed by atoms with Crippen molar-refractivity contribution in [3.63, 3.8) is 0 Å². The van der Waals surface area contributed by atoms with E-state index in [4.69, 9.17) is 16.3 Å². The molecule has 1 aliphatic rings. The van der Waals surface area contributed by atoms with Crippen LogP contribution in [0, 0.1) is 6.92 Å². The van der Waals surface area contributed by atoms with Gasteiger partial charge in [-0.1, -0.05) is 29.8 Å². The van der Waals surface area contributed by atoms with Crippen LogP contribution in [0.15, 0.2) is 72.6 Å². The maximum Gasteiger partial charge on any atom is 0.300 e. The van der Waals surface area contributed by atoms with Gasteiger partial charge in [0, 0.05) is 28.7 Å². The Balaban J connectivity index is 1.93. The molecule has 2 aromatic carbocycles. The summed E-state index contributed by atoms with van der Waals surface area (Å²) < 4.78 is 5.73. The molecule has 1 N–H and O–H groups in total. The van der Waals surface area contributed by atoms with Crippen molar-refractivity contribution in [1.29, 1.82) is 0 Å². The number of halogens is 1. The van der Waals surface area contributed by atoms with Gasteiger partial charge in [0.25, 0.3) is 11.7 Å². The number of amides is 1. The Morgan fingerprint density at radius 2 is 1.79 bits per heavy atom. The molecule has 1 amide bonds. The molecular weight excluding hydrogens is 440 g/mol. The normalized spacial score (nSPS) is 17.6. The summed E-state index contributed by atoms with van der Waals surface area (Å²) >= 11 is 6.32. The minimum atomic E-state index is -0.847. The summed E-state index contributed by atoms with van der Waals surface area (Å²) in [6.45, 7) is 5.58. The molecular formula is C26H23ClN2O4. The average Bonchev–Trinajstić information content (AvgIpc) is 3.06. The fourth-order valence-electron chi connectivity index (χ4n) is 3.94. The Morgan fingerprint density at radius 1 is 1.09 bits per heavy atom. The summed E-state index contributed by atoms with van der Waals surface area (Å²) in [5.41, 5.74) is 2.18. The van der Waals surface area contributed by atoms with E-state index in [1.165, 1.54) is 4.90 Å². The maximum absolute atomic E-state index is 13.3. The first-order valence-electron chi connectivity index (χ1n) is 10.5. The SMILES string of the molecule is Cc1c(Cl)cccc1N1C(=O)C(=O)/C(=C(/O)c2cccc(OC(C)C)c2)C1c1ccncc1. The molecule has 7 heteroatoms. The molecule has 6 nitrogen and oxygen atoms in total. The van der Waals surface area contributed by atoms with E-state index in [0.717, 1.165) is 0 Å². The van der Waals surface area contributed by atoms with Gasteiger partial charge in [-0.05, 0) is 68.3 Å². The van der Waals surface area contributed by atoms with Crippen LogP contribution in [0.1, 0.15) is 36.6 Å². The Bertz CT molecular complexity index is 1250. The van der Waals surface area contributed by atoms with Crippen molar-refractivity contribution < 1.29 is 19.4 Å². The third-order valence-electron chi connectivity index (χ3n) is 5.44. The van der Waals surface area contributed by atoms with Crippen LogP contribution in [0.4, 0.5) is 5.69 Å². The van der Waals surface area contributed by atoms with E-state index in [1.54, 1.807) is 73.9 Å². The number of pyridine rings is 1. The average molecular weight is 463 g/mol. The van der Waals surface area contributed by atoms with Gasteiger partial charge >= 0.3 is 0 Å². The smallest absolute Gasteiger partial charge is 0.300 e. The van der Waals surface area contributed by atoms with Crippen LogP contribution in [0.5, 0.6) is 5.75 Å². The van der Waals surface area contributed by atoms with Gasteiger partial charge in [-0.3, -0.25) is 19.5 Å². The number of nitrogens with zero attached hydrogens (tertiary/aromatic N) is 2. The second kappa shape index (κ2) is 9.08. The molecule has 0 bridgehead atoms. The minimum absolute atomic E-state index is 0.00716. The number of hydrogen-bond donors (Lipinski definition) is 1. The molecule has 1 unspecified atom stereocenters. The number of carbonyl (C=O) groups is 2. The highest BCUT2D eigenvalue weighted by Gasteiger charge is 2.47. The van der Waals surface area contributed by atoms with Gasteiger partial charge in [-0.2, -0.15) is 0 Å². The molecule has 1 aliphatic heterocycles. The Hall–Kier alpha value is -3.64. The number of anilines is 1. The van der Waals surface area contributed by atoms with Gasteiger partial charge in [0.1, 0.15) is 11.5 Å². The zero-order valence-electron chi connectivity index (χ0n) is 18.4. The number of ketones is 1. The highest BCUT2D eigenvalue weighted by atomic mass is 35.5. The zero-order chi connectivity index (χ0) is 23.7. The van der Waals surface area contributed by atoms with Gasteiger partial charge in [0.2, 0.25) is 0 Å². The summed E-state index contributed by atoms with van der Waals surface area (Å²) in [7, 11) is 0. The molecule has 1 saturated heterocycles. The van der Waals surface area contributed by atoms with Crippen LogP contribution in [0.2, 0.25) is 5.02 Å². The standard InChI is InChI=1S/C26H23ClN2O4/c1-15(2)33-19-7-4-6-18(14-19)24(30)22-23(17-10-12-28-13-11-17)29(26(32)25(22)31)21-9-5-8-20(27)16(21)3/h4-15,23,30H,1-3H3/b24-22+. The van der Waals surface area contributed by atoms with Crippen molar-refractivity contribution in [1.82, 2.24) is 4.98 Å². The van der Waals surface area contributed by atoms with E-state index in [1.807, 2.05) is 13.8 Å². The number of aliphatic hydroxyl groups is 1. The summed E-state index contributed by atoms with van der Waals surface area (Å²) in [6, 6.07) is 14.6. The van der Waals surface area contributed by atoms with Gasteiger partial charge in [0.05, 0.1) is 17.7 Å². The summed E-state index contributed by atoms with van der Waals surface area (Å²) in [5, 5.41) is 11.7. The van der Waals surface area contributed by atoms with Crippen molar-refractivity contribution in [2.45, 2.75) is 32.9 Å². The lowest BCUT2D eigenvalue weighted by Gasteiger charge is -2.27. The van der Waals surface area contributed by atoms with Crippen molar-refractivity contribution in [3.05, 3.63) is 94.3 Å². The molecule has 0 radical (unpaired) electrons. The number of aromatic nitrogens is 1. The second-order valence-corrected chi connectivity index (χ2v) is 8.44. The van der Waals surface area contributed by atoms with Crippen molar-refractivity contribution in [3.8, 4) is 5.75 Å². The third kappa shape index (κ3) is 4.22. The molecule has 1 fully saturated rings. The number of carbonyl (C=O) groups excluding carboxylic acids is 2. The molecule has 0 spiro atoms. The predicted octanol–water partition coefficient (Wildman–Crippen LogP) is 5.46. The van der Waals surface area contributed by atoms with Gasteiger partial charge in [-0.25, -0.2) is 0 Å². The van der Waals surface area contributed by atoms with Crippen molar-refractivity contribution in [2.75, 3.05) is 4.90 Å². The molecule has 0 saturated carbocycles. The van der Waals surface area contributed by atoms with Crippen LogP contribution in [-0.2, 0) is 9.59 Å². The quantitative estimate of drug-likeness (QED) is 0.309. The molecule has 3 aromatic rings. The van der Waals surface area contributed by atoms with Crippen LogP contribution in [0.3, 0.4) is 0 Å². The molecule has 0 aliphatic carbocycles. The minimum Gasteiger partial charge on any atom is -0.507 e. The largest absolute Gasteiger partial charge is 0.507 e. The first kappa shape index (κ1) is 22.6. The topological polar surface area (TPSA) is 79.7 Å². The lowest BCUT2D eigenvalue weighted by molar-refractivity contribution is -0.132. The highest BCUT2D eigenvalue weighted by molar-refractivity contribution is 6.52. The van der Waals surface area contributed by atoms with E-state index in [0.29, 0.717) is 33.1 Å². The number of hydrogen-bond acceptors (Lipinski definition) is 5. The summed E-state index contributed by atoms with van der Waals surface area (Å²) in [4.78, 5) is 32.0. The number of Topliss-reactive ketones (excluding diaryl/α,β-unsaturated/α-hetero) is 1. The zero-order valence-corrected chi connectivity index (χ0v) is 19.2. The van der Waals surface area contributed by atoms with Crippen LogP contribution in [0.25, 0.3) is 5.76 Å². The first-order valence-corrected chi connectivity index (χ1v) is 10.9. The number of rotatable bonds is 5. The summed E-state index contributed by atoms with van der Waals surface area (Å²) in [6.07, 6.45) is 3.10. The second-order valence-electron chi connectivity index (χ2n) is 8.03. The van der Waals surface area contributed by atoms with E-state index in [-0.39, 0.29) is 17.4 Å². The van der Waals surface area contributed by atoms with Crippen LogP contribution >= 0.6 is 11.6 Å². The van der Waals surface area contributed by atoms with Gasteiger partial charge in [0.15, 0.2) is 0 Å². The van der Waals surface area contributed by atoms with Crippen molar-refractivity contribution >= 4 is 34.7 Å². The molecule has 1 aromatic heterocycles. The van der Waals surface area contributed by atoms with E-state index >= 15 is 0 Å². The molecule has 168 valence electrons. The third-order valence-corrected chi connectivity index (χ3v) is 5.85. The highest BCUT2D eigenvalue weighted by Crippen LogP contribution is 2.44. The Labute approximate surface area is 197 Å². The monoisotopic (exact) mass is 462 g/mol. The summed E-state index contributed by atoms with van der Waals surface area (Å²) in [5.74, 6) is -1.23. The molecule has 2 heterocycles. The lowest BCUT2D eigenvalue weighted by Crippen LogP contribution is -2.30. The van der Waals surface area contributed by atoms with Crippen LogP contribution < -0.4 is 9.64 Å². The number of benzene rings is 2. The lowest BCUT2D eigenvalue weighted by atomic mass is 9.95. The fraction of sp³-hybridized carbons (Fsp3) is 0.192. The number of aliphatic hydroxyl groups excluding tert-OH is 1. The van der Waals surface area contributed by atoms with Crippen molar-refractivity contribution in [2.24, 2.45) is 0 Å². The first-order chi connectivity index (χ1) is 15.8. The fourth-order valence-corrected chi connectivity index (χ4v) is 4.11. The van der Waals surface area contributed by atoms with Crippen LogP contribution in [-0.4, -0.2) is 27.9 Å².